The Hall–Kier alpha value is -1.10. The van der Waals surface area contributed by atoms with Gasteiger partial charge in [-0.05, 0) is 38.1 Å². The zero-order valence-corrected chi connectivity index (χ0v) is 12.7. The molecule has 1 fully saturated rings. The van der Waals surface area contributed by atoms with Gasteiger partial charge in [-0.3, -0.25) is 14.5 Å². The number of nitrogens with one attached hydrogen (secondary N) is 1. The Bertz CT molecular complexity index is 530. The van der Waals surface area contributed by atoms with Crippen LogP contribution < -0.4 is 5.32 Å². The quantitative estimate of drug-likeness (QED) is 0.820. The number of hydrogen-bond acceptors (Lipinski definition) is 3. The van der Waals surface area contributed by atoms with Crippen LogP contribution in [0.15, 0.2) is 18.2 Å². The van der Waals surface area contributed by atoms with Crippen molar-refractivity contribution in [2.45, 2.75) is 18.9 Å². The van der Waals surface area contributed by atoms with Crippen LogP contribution in [0.3, 0.4) is 0 Å². The SMILES string of the molecule is CN(CC(=O)NC1CC1)CC(=O)c1ccc(Cl)cc1Cl. The van der Waals surface area contributed by atoms with E-state index in [0.29, 0.717) is 21.7 Å². The fraction of sp³-hybridized carbons (Fsp3) is 0.429. The lowest BCUT2D eigenvalue weighted by Gasteiger charge is -2.15. The van der Waals surface area contributed by atoms with Crippen LogP contribution in [0.25, 0.3) is 0 Å². The van der Waals surface area contributed by atoms with Crippen molar-refractivity contribution in [3.8, 4) is 0 Å². The Labute approximate surface area is 128 Å². The largest absolute Gasteiger partial charge is 0.352 e. The third-order valence-electron chi connectivity index (χ3n) is 3.00. The van der Waals surface area contributed by atoms with E-state index in [0.717, 1.165) is 12.8 Å². The van der Waals surface area contributed by atoms with Gasteiger partial charge in [0.25, 0.3) is 0 Å². The standard InChI is InChI=1S/C14H16Cl2N2O2/c1-18(8-14(20)17-10-3-4-10)7-13(19)11-5-2-9(15)6-12(11)16/h2,5-6,10H,3-4,7-8H2,1H3,(H,17,20). The smallest absolute Gasteiger partial charge is 0.234 e. The molecule has 2 rings (SSSR count). The molecule has 20 heavy (non-hydrogen) atoms. The third-order valence-corrected chi connectivity index (χ3v) is 3.55. The normalized spacial score (nSPS) is 14.4. The lowest BCUT2D eigenvalue weighted by Crippen LogP contribution is -2.38. The van der Waals surface area contributed by atoms with Gasteiger partial charge in [0.15, 0.2) is 5.78 Å². The van der Waals surface area contributed by atoms with Crippen LogP contribution in [0.1, 0.15) is 23.2 Å². The molecule has 0 bridgehead atoms. The summed E-state index contributed by atoms with van der Waals surface area (Å²) in [6.45, 7) is 0.340. The summed E-state index contributed by atoms with van der Waals surface area (Å²) < 4.78 is 0. The van der Waals surface area contributed by atoms with Crippen molar-refractivity contribution < 1.29 is 9.59 Å². The van der Waals surface area contributed by atoms with Gasteiger partial charge < -0.3 is 5.32 Å². The zero-order valence-electron chi connectivity index (χ0n) is 11.2. The van der Waals surface area contributed by atoms with Crippen molar-refractivity contribution in [3.63, 3.8) is 0 Å². The number of likely N-dealkylation sites (N-methyl/N-ethyl adjacent to an activating group) is 1. The van der Waals surface area contributed by atoms with Crippen LogP contribution in [0.5, 0.6) is 0 Å². The van der Waals surface area contributed by atoms with Crippen LogP contribution in [-0.2, 0) is 4.79 Å². The number of rotatable bonds is 6. The molecule has 0 heterocycles. The van der Waals surface area contributed by atoms with Crippen LogP contribution in [0.4, 0.5) is 0 Å². The monoisotopic (exact) mass is 314 g/mol. The van der Waals surface area contributed by atoms with E-state index in [1.165, 1.54) is 6.07 Å². The Kier molecular flexibility index (Phi) is 5.02. The summed E-state index contributed by atoms with van der Waals surface area (Å²) in [6.07, 6.45) is 2.10. The van der Waals surface area contributed by atoms with E-state index in [4.69, 9.17) is 23.2 Å². The maximum absolute atomic E-state index is 12.1. The van der Waals surface area contributed by atoms with Gasteiger partial charge in [-0.1, -0.05) is 23.2 Å². The molecule has 1 aromatic carbocycles. The lowest BCUT2D eigenvalue weighted by atomic mass is 10.1. The van der Waals surface area contributed by atoms with Crippen molar-refractivity contribution in [2.24, 2.45) is 0 Å². The van der Waals surface area contributed by atoms with E-state index in [-0.39, 0.29) is 24.8 Å². The van der Waals surface area contributed by atoms with Crippen LogP contribution in [0, 0.1) is 0 Å². The van der Waals surface area contributed by atoms with Crippen LogP contribution in [-0.4, -0.2) is 42.8 Å². The minimum Gasteiger partial charge on any atom is -0.352 e. The lowest BCUT2D eigenvalue weighted by molar-refractivity contribution is -0.121. The number of hydrogen-bond donors (Lipinski definition) is 1. The highest BCUT2D eigenvalue weighted by atomic mass is 35.5. The molecule has 4 nitrogen and oxygen atoms in total. The minimum atomic E-state index is -0.131. The van der Waals surface area contributed by atoms with E-state index >= 15 is 0 Å². The summed E-state index contributed by atoms with van der Waals surface area (Å²) >= 11 is 11.8. The van der Waals surface area contributed by atoms with Gasteiger partial charge in [-0.25, -0.2) is 0 Å². The molecule has 1 amide bonds. The second-order valence-electron chi connectivity index (χ2n) is 5.06. The van der Waals surface area contributed by atoms with Gasteiger partial charge in [0.05, 0.1) is 18.1 Å². The average Bonchev–Trinajstić information content (AvgIpc) is 3.11. The van der Waals surface area contributed by atoms with Crippen molar-refractivity contribution in [1.82, 2.24) is 10.2 Å². The number of carbonyl (C=O) groups excluding carboxylic acids is 2. The van der Waals surface area contributed by atoms with Gasteiger partial charge in [-0.15, -0.1) is 0 Å². The highest BCUT2D eigenvalue weighted by molar-refractivity contribution is 6.36. The predicted molar refractivity (Wildman–Crippen MR) is 79.5 cm³/mol. The fourth-order valence-electron chi connectivity index (χ4n) is 1.85. The second-order valence-corrected chi connectivity index (χ2v) is 5.91. The molecule has 0 aromatic heterocycles. The van der Waals surface area contributed by atoms with Crippen molar-refractivity contribution >= 4 is 34.9 Å². The summed E-state index contributed by atoms with van der Waals surface area (Å²) in [5, 5.41) is 3.70. The molecule has 0 aliphatic heterocycles. The van der Waals surface area contributed by atoms with Crippen molar-refractivity contribution in [1.29, 1.82) is 0 Å². The number of halogens is 2. The molecule has 1 N–H and O–H groups in total. The Morgan fingerprint density at radius 2 is 2.00 bits per heavy atom. The highest BCUT2D eigenvalue weighted by Gasteiger charge is 2.24. The first kappa shape index (κ1) is 15.3. The number of Topliss-reactive ketones (excluding diaryl/α,β-unsaturated/α-hetero) is 1. The molecule has 1 aliphatic rings. The summed E-state index contributed by atoms with van der Waals surface area (Å²) in [5.74, 6) is -0.182. The van der Waals surface area contributed by atoms with Crippen molar-refractivity contribution in [2.75, 3.05) is 20.1 Å². The maximum atomic E-state index is 12.1. The van der Waals surface area contributed by atoms with Gasteiger partial charge in [-0.2, -0.15) is 0 Å². The molecule has 0 atom stereocenters. The first-order chi connectivity index (χ1) is 9.45. The molecule has 1 aliphatic carbocycles. The molecule has 1 aromatic rings. The van der Waals surface area contributed by atoms with E-state index < -0.39 is 0 Å². The molecular weight excluding hydrogens is 299 g/mol. The molecule has 0 radical (unpaired) electrons. The highest BCUT2D eigenvalue weighted by Crippen LogP contribution is 2.21. The molecule has 0 saturated heterocycles. The van der Waals surface area contributed by atoms with E-state index in [9.17, 15) is 9.59 Å². The van der Waals surface area contributed by atoms with Gasteiger partial charge >= 0.3 is 0 Å². The Morgan fingerprint density at radius 1 is 1.30 bits per heavy atom. The molecule has 108 valence electrons. The summed E-state index contributed by atoms with van der Waals surface area (Å²) in [7, 11) is 1.73. The molecule has 0 unspecified atom stereocenters. The van der Waals surface area contributed by atoms with Crippen molar-refractivity contribution in [3.05, 3.63) is 33.8 Å². The van der Waals surface area contributed by atoms with Crippen LogP contribution in [0.2, 0.25) is 10.0 Å². The first-order valence-corrected chi connectivity index (χ1v) is 7.17. The minimum absolute atomic E-state index is 0.0509. The molecule has 6 heteroatoms. The number of nitrogens with zero attached hydrogens (tertiary/aromatic N) is 1. The van der Waals surface area contributed by atoms with Gasteiger partial charge in [0.2, 0.25) is 5.91 Å². The second kappa shape index (κ2) is 6.57. The maximum Gasteiger partial charge on any atom is 0.234 e. The molecular formula is C14H16Cl2N2O2. The van der Waals surface area contributed by atoms with Gasteiger partial charge in [0.1, 0.15) is 0 Å². The number of benzene rings is 1. The van der Waals surface area contributed by atoms with Gasteiger partial charge in [0, 0.05) is 16.6 Å². The molecule has 0 spiro atoms. The van der Waals surface area contributed by atoms with Crippen LogP contribution >= 0.6 is 23.2 Å². The summed E-state index contributed by atoms with van der Waals surface area (Å²) in [5.41, 5.74) is 0.422. The fourth-order valence-corrected chi connectivity index (χ4v) is 2.36. The zero-order chi connectivity index (χ0) is 14.7. The van der Waals surface area contributed by atoms with E-state index in [1.807, 2.05) is 0 Å². The average molecular weight is 315 g/mol. The number of ketones is 1. The van der Waals surface area contributed by atoms with E-state index in [1.54, 1.807) is 24.1 Å². The Balaban J connectivity index is 1.87. The number of amides is 1. The Morgan fingerprint density at radius 3 is 2.60 bits per heavy atom. The van der Waals surface area contributed by atoms with E-state index in [2.05, 4.69) is 5.32 Å². The third kappa shape index (κ3) is 4.47. The summed E-state index contributed by atoms with van der Waals surface area (Å²) in [6, 6.07) is 5.10. The topological polar surface area (TPSA) is 49.4 Å². The predicted octanol–water partition coefficient (Wildman–Crippen LogP) is 2.39. The summed E-state index contributed by atoms with van der Waals surface area (Å²) in [4.78, 5) is 25.4. The molecule has 1 saturated carbocycles. The first-order valence-electron chi connectivity index (χ1n) is 6.42. The number of carbonyl (C=O) groups is 2.